The number of nitrogens with two attached hydrogens (primary N) is 1. The number of primary amides is 1. The summed E-state index contributed by atoms with van der Waals surface area (Å²) in [6.07, 6.45) is 4.93. The van der Waals surface area contributed by atoms with Gasteiger partial charge in [-0.1, -0.05) is 29.8 Å². The largest absolute Gasteiger partial charge is 0.366 e. The van der Waals surface area contributed by atoms with E-state index in [0.29, 0.717) is 16.9 Å². The van der Waals surface area contributed by atoms with E-state index < -0.39 is 17.6 Å². The Balaban J connectivity index is 1.53. The van der Waals surface area contributed by atoms with Crippen molar-refractivity contribution in [1.29, 1.82) is 0 Å². The molecule has 10 nitrogen and oxygen atoms in total. The molecule has 2 heterocycles. The molecule has 0 radical (unpaired) electrons. The van der Waals surface area contributed by atoms with Gasteiger partial charge in [0.15, 0.2) is 0 Å². The van der Waals surface area contributed by atoms with Crippen LogP contribution in [0.2, 0.25) is 5.02 Å². The van der Waals surface area contributed by atoms with Gasteiger partial charge < -0.3 is 25.4 Å². The van der Waals surface area contributed by atoms with Crippen molar-refractivity contribution in [2.45, 2.75) is 33.0 Å². The molecule has 2 aromatic heterocycles. The molecule has 4 aromatic rings. The fraction of sp³-hybridized carbons (Fsp3) is 0.276. The van der Waals surface area contributed by atoms with Crippen LogP contribution in [0.4, 0.5) is 10.3 Å². The maximum atomic E-state index is 14.2. The van der Waals surface area contributed by atoms with Gasteiger partial charge in [-0.15, -0.1) is 0 Å². The number of hydrogen-bond donors (Lipinski definition) is 2. The standard InChI is InChI=1S/C29H31ClFN7O3/c1-17(2)38(15-25(39)33-11-19-6-5-7-23(30)27(19)31)26(40)16-37-14-22(28(32)41)21-10-18(8-9-24(21)37)20-12-34-29(35-13-20)36(3)4/h5-10,12-14,17H,11,15-16H2,1-4H3,(H2,32,41)(H,33,39). The summed E-state index contributed by atoms with van der Waals surface area (Å²) in [6.45, 7) is 3.16. The highest BCUT2D eigenvalue weighted by atomic mass is 35.5. The molecule has 0 aliphatic carbocycles. The predicted octanol–water partition coefficient (Wildman–Crippen LogP) is 3.61. The lowest BCUT2D eigenvalue weighted by atomic mass is 10.0. The fourth-order valence-electron chi connectivity index (χ4n) is 4.39. The second-order valence-corrected chi connectivity index (χ2v) is 10.4. The molecule has 0 bridgehead atoms. The molecule has 0 aliphatic heterocycles. The van der Waals surface area contributed by atoms with Gasteiger partial charge in [-0.05, 0) is 37.6 Å². The molecule has 2 aromatic carbocycles. The van der Waals surface area contributed by atoms with Crippen molar-refractivity contribution < 1.29 is 18.8 Å². The van der Waals surface area contributed by atoms with E-state index in [9.17, 15) is 18.8 Å². The Kier molecular flexibility index (Phi) is 8.87. The van der Waals surface area contributed by atoms with Crippen LogP contribution in [0, 0.1) is 5.82 Å². The molecule has 0 aliphatic rings. The van der Waals surface area contributed by atoms with Crippen molar-refractivity contribution in [2.24, 2.45) is 5.73 Å². The molecule has 0 unspecified atom stereocenters. The molecule has 0 saturated heterocycles. The second-order valence-electron chi connectivity index (χ2n) is 10.0. The van der Waals surface area contributed by atoms with Crippen LogP contribution in [0.1, 0.15) is 29.8 Å². The average Bonchev–Trinajstić information content (AvgIpc) is 3.30. The lowest BCUT2D eigenvalue weighted by Crippen LogP contribution is -2.45. The maximum absolute atomic E-state index is 14.2. The highest BCUT2D eigenvalue weighted by Gasteiger charge is 2.23. The first-order chi connectivity index (χ1) is 19.5. The number of aromatic nitrogens is 3. The normalized spacial score (nSPS) is 11.1. The van der Waals surface area contributed by atoms with E-state index in [1.807, 2.05) is 26.2 Å². The van der Waals surface area contributed by atoms with Gasteiger partial charge in [0, 0.05) is 67.3 Å². The summed E-state index contributed by atoms with van der Waals surface area (Å²) in [5, 5.41) is 3.18. The van der Waals surface area contributed by atoms with Crippen LogP contribution in [0.15, 0.2) is 55.0 Å². The van der Waals surface area contributed by atoms with Crippen LogP contribution in [0.5, 0.6) is 0 Å². The first kappa shape index (κ1) is 29.5. The van der Waals surface area contributed by atoms with Crippen molar-refractivity contribution in [3.05, 3.63) is 77.0 Å². The van der Waals surface area contributed by atoms with Crippen LogP contribution in [-0.4, -0.2) is 63.8 Å². The number of fused-ring (bicyclic) bond motifs is 1. The smallest absolute Gasteiger partial charge is 0.250 e. The first-order valence-electron chi connectivity index (χ1n) is 12.9. The zero-order valence-electron chi connectivity index (χ0n) is 23.2. The predicted molar refractivity (Wildman–Crippen MR) is 156 cm³/mol. The molecular weight excluding hydrogens is 549 g/mol. The monoisotopic (exact) mass is 579 g/mol. The fourth-order valence-corrected chi connectivity index (χ4v) is 4.58. The number of nitrogens with one attached hydrogen (secondary N) is 1. The Hall–Kier alpha value is -4.51. The minimum atomic E-state index is -0.633. The Morgan fingerprint density at radius 3 is 2.44 bits per heavy atom. The zero-order valence-corrected chi connectivity index (χ0v) is 23.9. The number of amides is 3. The molecule has 12 heteroatoms. The van der Waals surface area contributed by atoms with E-state index >= 15 is 0 Å². The molecule has 3 amide bonds. The lowest BCUT2D eigenvalue weighted by Gasteiger charge is -2.26. The van der Waals surface area contributed by atoms with E-state index in [1.165, 1.54) is 17.0 Å². The number of halogens is 2. The van der Waals surface area contributed by atoms with Gasteiger partial charge in [0.1, 0.15) is 12.4 Å². The molecule has 3 N–H and O–H groups in total. The molecule has 4 rings (SSSR count). The van der Waals surface area contributed by atoms with Gasteiger partial charge in [0.2, 0.25) is 17.8 Å². The highest BCUT2D eigenvalue weighted by Crippen LogP contribution is 2.28. The third-order valence-electron chi connectivity index (χ3n) is 6.59. The molecule has 0 saturated carbocycles. The Bertz CT molecular complexity index is 1600. The number of anilines is 1. The van der Waals surface area contributed by atoms with Gasteiger partial charge >= 0.3 is 0 Å². The van der Waals surface area contributed by atoms with Crippen molar-refractivity contribution in [3.8, 4) is 11.1 Å². The lowest BCUT2D eigenvalue weighted by molar-refractivity contribution is -0.138. The van der Waals surface area contributed by atoms with Crippen LogP contribution >= 0.6 is 11.6 Å². The van der Waals surface area contributed by atoms with Crippen molar-refractivity contribution >= 4 is 46.2 Å². The Morgan fingerprint density at radius 2 is 1.80 bits per heavy atom. The SMILES string of the molecule is CC(C)N(CC(=O)NCc1cccc(Cl)c1F)C(=O)Cn1cc(C(N)=O)c2cc(-c3cnc(N(C)C)nc3)ccc21. The summed E-state index contributed by atoms with van der Waals surface area (Å²) in [5.41, 5.74) is 8.35. The van der Waals surface area contributed by atoms with Crippen molar-refractivity contribution in [1.82, 2.24) is 24.8 Å². The summed E-state index contributed by atoms with van der Waals surface area (Å²) in [7, 11) is 3.69. The van der Waals surface area contributed by atoms with Gasteiger partial charge in [0.05, 0.1) is 17.1 Å². The molecule has 214 valence electrons. The Morgan fingerprint density at radius 1 is 1.10 bits per heavy atom. The highest BCUT2D eigenvalue weighted by molar-refractivity contribution is 6.30. The van der Waals surface area contributed by atoms with Crippen LogP contribution < -0.4 is 16.0 Å². The average molecular weight is 580 g/mol. The number of nitrogens with zero attached hydrogens (tertiary/aromatic N) is 5. The summed E-state index contributed by atoms with van der Waals surface area (Å²) in [4.78, 5) is 50.2. The molecule has 0 spiro atoms. The van der Waals surface area contributed by atoms with Gasteiger partial charge in [0.25, 0.3) is 5.91 Å². The third-order valence-corrected chi connectivity index (χ3v) is 6.88. The summed E-state index contributed by atoms with van der Waals surface area (Å²) < 4.78 is 15.8. The number of benzene rings is 2. The summed E-state index contributed by atoms with van der Waals surface area (Å²) in [5.74, 6) is -1.46. The van der Waals surface area contributed by atoms with Gasteiger partial charge in [-0.3, -0.25) is 14.4 Å². The van der Waals surface area contributed by atoms with Crippen LogP contribution in [0.25, 0.3) is 22.0 Å². The minimum absolute atomic E-state index is 0.0345. The number of rotatable bonds is 10. The molecule has 0 atom stereocenters. The minimum Gasteiger partial charge on any atom is -0.366 e. The maximum Gasteiger partial charge on any atom is 0.250 e. The van der Waals surface area contributed by atoms with Crippen LogP contribution in [0.3, 0.4) is 0 Å². The van der Waals surface area contributed by atoms with Crippen LogP contribution in [-0.2, 0) is 22.7 Å². The van der Waals surface area contributed by atoms with E-state index in [-0.39, 0.29) is 47.7 Å². The van der Waals surface area contributed by atoms with E-state index in [4.69, 9.17) is 17.3 Å². The number of carbonyl (C=O) groups is 3. The molecular formula is C29H31ClFN7O3. The third kappa shape index (κ3) is 6.63. The topological polar surface area (TPSA) is 126 Å². The quantitative estimate of drug-likeness (QED) is 0.296. The Labute approximate surface area is 241 Å². The van der Waals surface area contributed by atoms with Crippen molar-refractivity contribution in [2.75, 3.05) is 25.5 Å². The number of carbonyl (C=O) groups excluding carboxylic acids is 3. The molecule has 41 heavy (non-hydrogen) atoms. The summed E-state index contributed by atoms with van der Waals surface area (Å²) in [6, 6.07) is 9.71. The van der Waals surface area contributed by atoms with Crippen molar-refractivity contribution in [3.63, 3.8) is 0 Å². The van der Waals surface area contributed by atoms with E-state index in [1.54, 1.807) is 54.0 Å². The van der Waals surface area contributed by atoms with E-state index in [0.717, 1.165) is 11.1 Å². The van der Waals surface area contributed by atoms with Gasteiger partial charge in [-0.2, -0.15) is 0 Å². The zero-order chi connectivity index (χ0) is 29.8. The molecule has 0 fully saturated rings. The second kappa shape index (κ2) is 12.3. The van der Waals surface area contributed by atoms with Gasteiger partial charge in [-0.25, -0.2) is 14.4 Å². The van der Waals surface area contributed by atoms with E-state index in [2.05, 4.69) is 15.3 Å². The number of hydrogen-bond acceptors (Lipinski definition) is 6. The summed E-state index contributed by atoms with van der Waals surface area (Å²) >= 11 is 5.81. The first-order valence-corrected chi connectivity index (χ1v) is 13.3.